The van der Waals surface area contributed by atoms with Gasteiger partial charge in [-0.1, -0.05) is 68.7 Å². The van der Waals surface area contributed by atoms with E-state index in [0.29, 0.717) is 10.8 Å². The van der Waals surface area contributed by atoms with Crippen molar-refractivity contribution in [1.29, 1.82) is 0 Å². The van der Waals surface area contributed by atoms with Crippen LogP contribution in [0, 0.1) is 28.6 Å². The molecule has 17 heavy (non-hydrogen) atoms. The lowest BCUT2D eigenvalue weighted by Crippen LogP contribution is -2.30. The Hall–Kier alpha value is 0. The minimum absolute atomic E-state index is 0.478. The van der Waals surface area contributed by atoms with Gasteiger partial charge in [-0.2, -0.15) is 0 Å². The van der Waals surface area contributed by atoms with Crippen LogP contribution in [0.5, 0.6) is 0 Å². The molecule has 0 saturated carbocycles. The predicted molar refractivity (Wildman–Crippen MR) is 80.3 cm³/mol. The molecule has 0 nitrogen and oxygen atoms in total. The lowest BCUT2D eigenvalue weighted by Gasteiger charge is -2.39. The van der Waals surface area contributed by atoms with Crippen LogP contribution in [-0.4, -0.2) is 0 Å². The molecule has 0 aromatic carbocycles. The fourth-order valence-electron chi connectivity index (χ4n) is 2.95. The summed E-state index contributed by atoms with van der Waals surface area (Å²) in [6, 6.07) is 0. The first-order chi connectivity index (χ1) is 7.49. The molecule has 104 valence electrons. The third kappa shape index (κ3) is 5.93. The zero-order valence-electron chi connectivity index (χ0n) is 13.9. The second-order valence-electron chi connectivity index (χ2n) is 8.22. The molecule has 0 aliphatic rings. The van der Waals surface area contributed by atoms with Crippen LogP contribution in [0.3, 0.4) is 0 Å². The van der Waals surface area contributed by atoms with E-state index in [-0.39, 0.29) is 0 Å². The van der Waals surface area contributed by atoms with E-state index in [1.165, 1.54) is 19.3 Å². The second kappa shape index (κ2) is 6.25. The first kappa shape index (κ1) is 17.0. The minimum Gasteiger partial charge on any atom is -0.0625 e. The van der Waals surface area contributed by atoms with Crippen LogP contribution < -0.4 is 0 Å². The molecule has 0 amide bonds. The summed E-state index contributed by atoms with van der Waals surface area (Å²) in [5.41, 5.74) is 0.984. The van der Waals surface area contributed by atoms with Gasteiger partial charge in [0.2, 0.25) is 0 Å². The summed E-state index contributed by atoms with van der Waals surface area (Å²) in [5, 5.41) is 0. The number of rotatable bonds is 6. The third-order valence-electron chi connectivity index (χ3n) is 4.77. The van der Waals surface area contributed by atoms with Crippen LogP contribution in [0.15, 0.2) is 0 Å². The van der Waals surface area contributed by atoms with Crippen LogP contribution in [-0.2, 0) is 0 Å². The first-order valence-electron chi connectivity index (χ1n) is 7.49. The van der Waals surface area contributed by atoms with Crippen molar-refractivity contribution in [3.63, 3.8) is 0 Å². The number of hydrogen-bond acceptors (Lipinski definition) is 0. The maximum Gasteiger partial charge on any atom is -0.0280 e. The molecule has 0 heteroatoms. The lowest BCUT2D eigenvalue weighted by atomic mass is 9.66. The fraction of sp³-hybridized carbons (Fsp3) is 1.00. The SMILES string of the molecule is CC(CCC(C)(C(C)C)C(C)C)CC(C)(C)C. The van der Waals surface area contributed by atoms with Gasteiger partial charge < -0.3 is 0 Å². The molecular weight excluding hydrogens is 204 g/mol. The van der Waals surface area contributed by atoms with Crippen LogP contribution in [0.2, 0.25) is 0 Å². The Morgan fingerprint density at radius 1 is 0.765 bits per heavy atom. The molecular formula is C17H36. The average Bonchev–Trinajstić information content (AvgIpc) is 2.10. The molecule has 0 aromatic heterocycles. The standard InChI is InChI=1S/C17H36/c1-13(2)17(9,14(3)4)11-10-15(5)12-16(6,7)8/h13-15H,10-12H2,1-9H3. The molecule has 0 N–H and O–H groups in total. The molecule has 0 aromatic rings. The quantitative estimate of drug-likeness (QED) is 0.522. The van der Waals surface area contributed by atoms with Crippen molar-refractivity contribution in [1.82, 2.24) is 0 Å². The monoisotopic (exact) mass is 240 g/mol. The van der Waals surface area contributed by atoms with E-state index in [4.69, 9.17) is 0 Å². The Morgan fingerprint density at radius 2 is 1.18 bits per heavy atom. The lowest BCUT2D eigenvalue weighted by molar-refractivity contribution is 0.108. The highest BCUT2D eigenvalue weighted by Crippen LogP contribution is 2.41. The van der Waals surface area contributed by atoms with Crippen molar-refractivity contribution in [3.05, 3.63) is 0 Å². The third-order valence-corrected chi connectivity index (χ3v) is 4.77. The Bertz CT molecular complexity index is 197. The van der Waals surface area contributed by atoms with Crippen molar-refractivity contribution < 1.29 is 0 Å². The average molecular weight is 240 g/mol. The van der Waals surface area contributed by atoms with Crippen LogP contribution >= 0.6 is 0 Å². The van der Waals surface area contributed by atoms with Gasteiger partial charge >= 0.3 is 0 Å². The van der Waals surface area contributed by atoms with Gasteiger partial charge in [0.1, 0.15) is 0 Å². The van der Waals surface area contributed by atoms with Gasteiger partial charge in [-0.25, -0.2) is 0 Å². The van der Waals surface area contributed by atoms with Gasteiger partial charge in [-0.05, 0) is 41.4 Å². The van der Waals surface area contributed by atoms with Gasteiger partial charge in [-0.15, -0.1) is 0 Å². The normalized spacial score (nSPS) is 15.7. The van der Waals surface area contributed by atoms with Crippen LogP contribution in [0.4, 0.5) is 0 Å². The van der Waals surface area contributed by atoms with Gasteiger partial charge in [-0.3, -0.25) is 0 Å². The summed E-state index contributed by atoms with van der Waals surface area (Å²) >= 11 is 0. The highest BCUT2D eigenvalue weighted by molar-refractivity contribution is 4.82. The second-order valence-corrected chi connectivity index (χ2v) is 8.22. The van der Waals surface area contributed by atoms with E-state index >= 15 is 0 Å². The summed E-state index contributed by atoms with van der Waals surface area (Å²) in [5.74, 6) is 2.42. The number of hydrogen-bond donors (Lipinski definition) is 0. The molecule has 0 heterocycles. The van der Waals surface area contributed by atoms with Crippen molar-refractivity contribution in [2.24, 2.45) is 28.6 Å². The highest BCUT2D eigenvalue weighted by atomic mass is 14.4. The molecule has 0 aliphatic heterocycles. The molecule has 1 atom stereocenters. The largest absolute Gasteiger partial charge is 0.0625 e. The minimum atomic E-state index is 0.478. The Labute approximate surface area is 111 Å². The molecule has 0 fully saturated rings. The van der Waals surface area contributed by atoms with Gasteiger partial charge in [0, 0.05) is 0 Å². The van der Waals surface area contributed by atoms with E-state index in [2.05, 4.69) is 62.3 Å². The summed E-state index contributed by atoms with van der Waals surface area (Å²) in [6.07, 6.45) is 4.10. The highest BCUT2D eigenvalue weighted by Gasteiger charge is 2.32. The van der Waals surface area contributed by atoms with Crippen molar-refractivity contribution in [2.45, 2.75) is 81.6 Å². The molecule has 0 saturated heterocycles. The maximum absolute atomic E-state index is 2.48. The fourth-order valence-corrected chi connectivity index (χ4v) is 2.95. The summed E-state index contributed by atoms with van der Waals surface area (Å²) < 4.78 is 0. The molecule has 0 aliphatic carbocycles. The molecule has 0 radical (unpaired) electrons. The van der Waals surface area contributed by atoms with Gasteiger partial charge in [0.25, 0.3) is 0 Å². The Kier molecular flexibility index (Phi) is 6.25. The van der Waals surface area contributed by atoms with E-state index < -0.39 is 0 Å². The Morgan fingerprint density at radius 3 is 1.47 bits per heavy atom. The smallest absolute Gasteiger partial charge is 0.0280 e. The van der Waals surface area contributed by atoms with E-state index in [1.807, 2.05) is 0 Å². The zero-order chi connectivity index (χ0) is 13.9. The zero-order valence-corrected chi connectivity index (χ0v) is 13.9. The van der Waals surface area contributed by atoms with Gasteiger partial charge in [0.15, 0.2) is 0 Å². The van der Waals surface area contributed by atoms with Crippen LogP contribution in [0.1, 0.15) is 81.6 Å². The van der Waals surface area contributed by atoms with Crippen molar-refractivity contribution in [2.75, 3.05) is 0 Å². The van der Waals surface area contributed by atoms with E-state index in [1.54, 1.807) is 0 Å². The summed E-state index contributed by atoms with van der Waals surface area (Å²) in [4.78, 5) is 0. The molecule has 0 bridgehead atoms. The van der Waals surface area contributed by atoms with Crippen molar-refractivity contribution >= 4 is 0 Å². The molecule has 0 spiro atoms. The molecule has 1 unspecified atom stereocenters. The van der Waals surface area contributed by atoms with E-state index in [0.717, 1.165) is 17.8 Å². The summed E-state index contributed by atoms with van der Waals surface area (Å²) in [6.45, 7) is 21.5. The van der Waals surface area contributed by atoms with Crippen LogP contribution in [0.25, 0.3) is 0 Å². The van der Waals surface area contributed by atoms with E-state index in [9.17, 15) is 0 Å². The molecule has 0 rings (SSSR count). The Balaban J connectivity index is 4.33. The topological polar surface area (TPSA) is 0 Å². The predicted octanol–water partition coefficient (Wildman–Crippen LogP) is 6.16. The van der Waals surface area contributed by atoms with Crippen molar-refractivity contribution in [3.8, 4) is 0 Å². The first-order valence-corrected chi connectivity index (χ1v) is 7.49. The summed E-state index contributed by atoms with van der Waals surface area (Å²) in [7, 11) is 0. The van der Waals surface area contributed by atoms with Gasteiger partial charge in [0.05, 0.1) is 0 Å². The maximum atomic E-state index is 2.48.